The van der Waals surface area contributed by atoms with Crippen molar-refractivity contribution in [3.05, 3.63) is 12.2 Å². The van der Waals surface area contributed by atoms with Gasteiger partial charge in [-0.1, -0.05) is 46.8 Å². The van der Waals surface area contributed by atoms with Crippen LogP contribution >= 0.6 is 9.44 Å². The van der Waals surface area contributed by atoms with Crippen LogP contribution in [0.1, 0.15) is 60.8 Å². The molecular formula is C21H36S. The average molecular weight is 321 g/mol. The van der Waals surface area contributed by atoms with Gasteiger partial charge in [-0.05, 0) is 72.2 Å². The fourth-order valence-corrected chi connectivity index (χ4v) is 11.3. The van der Waals surface area contributed by atoms with Crippen molar-refractivity contribution < 1.29 is 0 Å². The van der Waals surface area contributed by atoms with Crippen molar-refractivity contribution >= 4 is 9.44 Å². The third-order valence-electron chi connectivity index (χ3n) is 7.66. The van der Waals surface area contributed by atoms with Gasteiger partial charge < -0.3 is 0 Å². The molecule has 3 aliphatic carbocycles. The third kappa shape index (κ3) is 2.19. The molecule has 6 atom stereocenters. The molecule has 1 aliphatic heterocycles. The molecule has 0 aromatic carbocycles. The Bertz CT molecular complexity index is 584. The van der Waals surface area contributed by atoms with Gasteiger partial charge in [0.2, 0.25) is 0 Å². The predicted octanol–water partition coefficient (Wildman–Crippen LogP) is 6.07. The lowest BCUT2D eigenvalue weighted by Crippen LogP contribution is -2.60. The Morgan fingerprint density at radius 2 is 1.86 bits per heavy atom. The summed E-state index contributed by atoms with van der Waals surface area (Å²) in [7, 11) is -1.04. The van der Waals surface area contributed by atoms with E-state index in [1.165, 1.54) is 36.3 Å². The van der Waals surface area contributed by atoms with E-state index in [1.807, 2.05) is 0 Å². The molecule has 1 saturated heterocycles. The van der Waals surface area contributed by atoms with E-state index in [1.54, 1.807) is 0 Å². The maximum absolute atomic E-state index is 7.19. The summed E-state index contributed by atoms with van der Waals surface area (Å²) in [6, 6.07) is 0. The Balaban J connectivity index is 1.90. The number of rotatable bonds is 3. The molecule has 1 unspecified atom stereocenters. The quantitative estimate of drug-likeness (QED) is 0.553. The molecule has 2 bridgehead atoms. The monoisotopic (exact) mass is 320 g/mol. The van der Waals surface area contributed by atoms with Crippen LogP contribution in [0.3, 0.4) is 0 Å². The van der Waals surface area contributed by atoms with Crippen molar-refractivity contribution in [2.45, 2.75) is 66.1 Å². The molecule has 0 N–H and O–H groups in total. The van der Waals surface area contributed by atoms with Crippen molar-refractivity contribution in [2.75, 3.05) is 11.5 Å². The van der Waals surface area contributed by atoms with Crippen LogP contribution < -0.4 is 0 Å². The molecule has 0 spiro atoms. The fraction of sp³-hybridized carbons (Fsp3) is 0.857. The molecule has 1 heterocycles. The van der Waals surface area contributed by atoms with Crippen LogP contribution in [0.2, 0.25) is 0 Å². The third-order valence-corrected chi connectivity index (χ3v) is 11.6. The fourth-order valence-electron chi connectivity index (χ4n) is 6.36. The van der Waals surface area contributed by atoms with Crippen LogP contribution in [0.5, 0.6) is 0 Å². The summed E-state index contributed by atoms with van der Waals surface area (Å²) >= 11 is 0. The second-order valence-corrected chi connectivity index (χ2v) is 13.2. The Labute approximate surface area is 139 Å². The lowest BCUT2D eigenvalue weighted by molar-refractivity contribution is -0.163. The summed E-state index contributed by atoms with van der Waals surface area (Å²) in [5.41, 5.74) is 9.61. The van der Waals surface area contributed by atoms with Gasteiger partial charge in [-0.25, -0.2) is 0 Å². The Kier molecular flexibility index (Phi) is 3.75. The standard InChI is InChI=1S/C21H36S/c1-14(2)9-18(15(3)4)22(8)12-17-10-16-11-19(20(16,5)6)21(17,7)13-22/h8,14,16-19H,3,9-13H2,1-2,4-7H3/t16-,17+,18-,19+,21-/m1/s1. The van der Waals surface area contributed by atoms with Crippen LogP contribution in [-0.2, 0) is 0 Å². The molecule has 3 saturated carbocycles. The Hall–Kier alpha value is -0.130. The van der Waals surface area contributed by atoms with Gasteiger partial charge >= 0.3 is 0 Å². The SMILES string of the molecule is C#S1([C@H](CC(C)C)C(=C)C)C[C@@H]2C[C@@H]3C[C@@H](C3(C)C)[C@]2(C)C1. The first-order valence-corrected chi connectivity index (χ1v) is 11.3. The highest BCUT2D eigenvalue weighted by atomic mass is 32.2. The van der Waals surface area contributed by atoms with E-state index in [0.717, 1.165) is 23.7 Å². The number of hydrogen-bond donors (Lipinski definition) is 0. The first kappa shape index (κ1) is 16.7. The van der Waals surface area contributed by atoms with Gasteiger partial charge in [0.25, 0.3) is 0 Å². The van der Waals surface area contributed by atoms with Crippen LogP contribution in [0.15, 0.2) is 12.2 Å². The minimum absolute atomic E-state index is 0.507. The minimum atomic E-state index is -1.04. The summed E-state index contributed by atoms with van der Waals surface area (Å²) in [4.78, 5) is 0. The molecule has 0 nitrogen and oxygen atoms in total. The molecule has 0 aromatic heterocycles. The van der Waals surface area contributed by atoms with Gasteiger partial charge in [0.15, 0.2) is 0 Å². The van der Waals surface area contributed by atoms with Crippen LogP contribution in [0.4, 0.5) is 0 Å². The van der Waals surface area contributed by atoms with E-state index in [4.69, 9.17) is 5.69 Å². The average Bonchev–Trinajstić information content (AvgIpc) is 2.65. The highest BCUT2D eigenvalue weighted by Gasteiger charge is 2.65. The van der Waals surface area contributed by atoms with E-state index < -0.39 is 9.44 Å². The highest BCUT2D eigenvalue weighted by Crippen LogP contribution is 2.74. The lowest BCUT2D eigenvalue weighted by atomic mass is 9.39. The molecule has 4 fully saturated rings. The first-order valence-electron chi connectivity index (χ1n) is 9.21. The molecule has 4 rings (SSSR count). The van der Waals surface area contributed by atoms with Gasteiger partial charge in [0, 0.05) is 5.25 Å². The zero-order chi connectivity index (χ0) is 16.5. The molecular weight excluding hydrogens is 284 g/mol. The largest absolute Gasteiger partial charge is 0.184 e. The van der Waals surface area contributed by atoms with E-state index in [-0.39, 0.29) is 0 Å². The Morgan fingerprint density at radius 3 is 2.36 bits per heavy atom. The summed E-state index contributed by atoms with van der Waals surface area (Å²) < 4.78 is 0. The summed E-state index contributed by atoms with van der Waals surface area (Å²) in [6.45, 7) is 18.9. The van der Waals surface area contributed by atoms with E-state index in [9.17, 15) is 0 Å². The van der Waals surface area contributed by atoms with Crippen molar-refractivity contribution in [3.8, 4) is 5.69 Å². The maximum atomic E-state index is 7.19. The zero-order valence-electron chi connectivity index (χ0n) is 15.6. The highest BCUT2D eigenvalue weighted by molar-refractivity contribution is 8.24. The van der Waals surface area contributed by atoms with Gasteiger partial charge in [-0.3, -0.25) is 0 Å². The number of hydrogen-bond acceptors (Lipinski definition) is 0. The van der Waals surface area contributed by atoms with Crippen molar-refractivity contribution in [1.29, 1.82) is 0 Å². The van der Waals surface area contributed by atoms with Crippen LogP contribution in [0, 0.1) is 40.2 Å². The van der Waals surface area contributed by atoms with Crippen molar-refractivity contribution in [1.82, 2.24) is 0 Å². The summed E-state index contributed by atoms with van der Waals surface area (Å²) in [5.74, 6) is 6.10. The van der Waals surface area contributed by atoms with E-state index >= 15 is 0 Å². The molecule has 0 aromatic rings. The predicted molar refractivity (Wildman–Crippen MR) is 102 cm³/mol. The van der Waals surface area contributed by atoms with Crippen LogP contribution in [-0.4, -0.2) is 16.8 Å². The van der Waals surface area contributed by atoms with E-state index in [2.05, 4.69) is 48.1 Å². The molecule has 22 heavy (non-hydrogen) atoms. The topological polar surface area (TPSA) is 0 Å². The Morgan fingerprint density at radius 1 is 1.23 bits per heavy atom. The van der Waals surface area contributed by atoms with Gasteiger partial charge in [-0.2, -0.15) is 9.44 Å². The molecule has 0 radical (unpaired) electrons. The normalized spacial score (nSPS) is 46.9. The van der Waals surface area contributed by atoms with Gasteiger partial charge in [-0.15, -0.1) is 5.69 Å². The maximum Gasteiger partial charge on any atom is 0.0186 e. The van der Waals surface area contributed by atoms with E-state index in [0.29, 0.717) is 16.1 Å². The van der Waals surface area contributed by atoms with Crippen molar-refractivity contribution in [3.63, 3.8) is 0 Å². The smallest absolute Gasteiger partial charge is 0.0186 e. The molecule has 126 valence electrons. The zero-order valence-corrected chi connectivity index (χ0v) is 16.4. The molecule has 4 aliphatic rings. The lowest BCUT2D eigenvalue weighted by Gasteiger charge is -2.66. The molecule has 1 heteroatoms. The first-order chi connectivity index (χ1) is 10.0. The second kappa shape index (κ2) is 4.93. The minimum Gasteiger partial charge on any atom is -0.184 e. The summed E-state index contributed by atoms with van der Waals surface area (Å²) in [6.07, 6.45) is 4.15. The summed E-state index contributed by atoms with van der Waals surface area (Å²) in [5, 5.41) is 0.579. The molecule has 0 amide bonds. The van der Waals surface area contributed by atoms with Crippen molar-refractivity contribution in [2.24, 2.45) is 34.5 Å². The van der Waals surface area contributed by atoms with Crippen LogP contribution in [0.25, 0.3) is 0 Å². The second-order valence-electron chi connectivity index (χ2n) is 10.0. The van der Waals surface area contributed by atoms with Gasteiger partial charge in [0.05, 0.1) is 0 Å². The van der Waals surface area contributed by atoms with Gasteiger partial charge in [0.1, 0.15) is 0 Å².